The molecule has 2 aromatic carbocycles. The lowest BCUT2D eigenvalue weighted by Crippen LogP contribution is -2.38. The summed E-state index contributed by atoms with van der Waals surface area (Å²) in [5, 5.41) is 21.6. The molecule has 0 bridgehead atoms. The van der Waals surface area contributed by atoms with Crippen LogP contribution in [-0.2, 0) is 4.74 Å². The smallest absolute Gasteiger partial charge is 0.407 e. The Balaban J connectivity index is 1.66. The molecular formula is C26H32N4O7. The first kappa shape index (κ1) is 27.3. The second-order valence-corrected chi connectivity index (χ2v) is 9.47. The number of rotatable bonds is 10. The van der Waals surface area contributed by atoms with E-state index in [0.29, 0.717) is 12.2 Å². The summed E-state index contributed by atoms with van der Waals surface area (Å²) in [5.74, 6) is 0.364. The fourth-order valence-electron chi connectivity index (χ4n) is 3.55. The van der Waals surface area contributed by atoms with E-state index in [1.54, 1.807) is 26.8 Å². The first-order chi connectivity index (χ1) is 17.4. The second-order valence-electron chi connectivity index (χ2n) is 9.47. The van der Waals surface area contributed by atoms with E-state index in [0.717, 1.165) is 5.76 Å². The van der Waals surface area contributed by atoms with E-state index in [-0.39, 0.29) is 41.8 Å². The molecule has 1 heterocycles. The summed E-state index contributed by atoms with van der Waals surface area (Å²) in [6.07, 6.45) is -0.0183. The fraction of sp³-hybridized carbons (Fsp3) is 0.385. The summed E-state index contributed by atoms with van der Waals surface area (Å²) in [4.78, 5) is 48.8. The first-order valence-electron chi connectivity index (χ1n) is 11.9. The van der Waals surface area contributed by atoms with E-state index in [1.807, 2.05) is 19.9 Å². The van der Waals surface area contributed by atoms with Crippen molar-refractivity contribution in [1.82, 2.24) is 10.6 Å². The molecule has 3 rings (SSSR count). The number of hydrogen-bond acceptors (Lipinski definition) is 9. The number of furan rings is 1. The van der Waals surface area contributed by atoms with Crippen LogP contribution in [0, 0.1) is 6.92 Å². The molecule has 1 atom stereocenters. The minimum atomic E-state index is -0.740. The largest absolute Gasteiger partial charge is 0.505 e. The number of amides is 2. The highest BCUT2D eigenvalue weighted by atomic mass is 16.6. The number of benzene rings is 1. The van der Waals surface area contributed by atoms with Crippen LogP contribution >= 0.6 is 0 Å². The van der Waals surface area contributed by atoms with Crippen molar-refractivity contribution in [3.8, 4) is 5.75 Å². The number of phenolic OH excluding ortho intramolecular Hbond substituents is 1. The molecule has 1 aromatic heterocycles. The van der Waals surface area contributed by atoms with E-state index in [1.165, 1.54) is 18.2 Å². The van der Waals surface area contributed by atoms with Crippen molar-refractivity contribution in [2.24, 2.45) is 0 Å². The van der Waals surface area contributed by atoms with Gasteiger partial charge in [0.25, 0.3) is 16.8 Å². The summed E-state index contributed by atoms with van der Waals surface area (Å²) in [6, 6.07) is 7.68. The Morgan fingerprint density at radius 3 is 2.32 bits per heavy atom. The Morgan fingerprint density at radius 2 is 1.70 bits per heavy atom. The van der Waals surface area contributed by atoms with Gasteiger partial charge < -0.3 is 35.5 Å². The van der Waals surface area contributed by atoms with E-state index in [2.05, 4.69) is 21.3 Å². The topological polar surface area (TPSA) is 159 Å². The van der Waals surface area contributed by atoms with Crippen molar-refractivity contribution < 1.29 is 23.8 Å². The quantitative estimate of drug-likeness (QED) is 0.156. The second kappa shape index (κ2) is 11.2. The average Bonchev–Trinajstić information content (AvgIpc) is 3.26. The number of phenols is 1. The highest BCUT2D eigenvalue weighted by Crippen LogP contribution is 2.33. The van der Waals surface area contributed by atoms with Gasteiger partial charge in [-0.05, 0) is 58.4 Å². The van der Waals surface area contributed by atoms with Gasteiger partial charge in [0.2, 0.25) is 0 Å². The maximum Gasteiger partial charge on any atom is 0.407 e. The molecule has 37 heavy (non-hydrogen) atoms. The summed E-state index contributed by atoms with van der Waals surface area (Å²) in [7, 11) is 0. The van der Waals surface area contributed by atoms with Gasteiger partial charge in [-0.3, -0.25) is 14.4 Å². The lowest BCUT2D eigenvalue weighted by atomic mass is 10.1. The van der Waals surface area contributed by atoms with Crippen LogP contribution in [-0.4, -0.2) is 35.8 Å². The molecule has 3 aromatic rings. The Hall–Kier alpha value is -4.28. The van der Waals surface area contributed by atoms with Crippen molar-refractivity contribution in [3.05, 3.63) is 67.9 Å². The number of nitrogens with one attached hydrogen (secondary N) is 4. The number of carbonyl (C=O) groups is 2. The summed E-state index contributed by atoms with van der Waals surface area (Å²) >= 11 is 0. The van der Waals surface area contributed by atoms with Gasteiger partial charge in [-0.15, -0.1) is 0 Å². The third-order valence-electron chi connectivity index (χ3n) is 5.36. The zero-order valence-corrected chi connectivity index (χ0v) is 21.5. The monoisotopic (exact) mass is 512 g/mol. The predicted octanol–water partition coefficient (Wildman–Crippen LogP) is 3.45. The van der Waals surface area contributed by atoms with Crippen LogP contribution in [0.25, 0.3) is 0 Å². The average molecular weight is 513 g/mol. The number of para-hydroxylation sites is 1. The number of hydrogen-bond donors (Lipinski definition) is 5. The Kier molecular flexibility index (Phi) is 8.26. The molecule has 0 unspecified atom stereocenters. The van der Waals surface area contributed by atoms with Crippen molar-refractivity contribution in [2.75, 3.05) is 23.7 Å². The van der Waals surface area contributed by atoms with Gasteiger partial charge in [0, 0.05) is 13.1 Å². The van der Waals surface area contributed by atoms with Gasteiger partial charge in [-0.2, -0.15) is 0 Å². The van der Waals surface area contributed by atoms with E-state index in [4.69, 9.17) is 9.15 Å². The number of aromatic hydroxyl groups is 1. The summed E-state index contributed by atoms with van der Waals surface area (Å²) in [5.41, 5.74) is -1.97. The van der Waals surface area contributed by atoms with Crippen molar-refractivity contribution >= 4 is 29.1 Å². The highest BCUT2D eigenvalue weighted by Gasteiger charge is 2.26. The maximum absolute atomic E-state index is 12.6. The van der Waals surface area contributed by atoms with Crippen LogP contribution in [0.4, 0.5) is 21.9 Å². The van der Waals surface area contributed by atoms with Crippen LogP contribution in [0.15, 0.2) is 44.3 Å². The van der Waals surface area contributed by atoms with Crippen LogP contribution in [0.2, 0.25) is 0 Å². The molecule has 11 nitrogen and oxygen atoms in total. The van der Waals surface area contributed by atoms with Crippen molar-refractivity contribution in [3.63, 3.8) is 0 Å². The van der Waals surface area contributed by atoms with Gasteiger partial charge in [0.1, 0.15) is 28.5 Å². The lowest BCUT2D eigenvalue weighted by molar-refractivity contribution is 0.0526. The molecule has 0 aliphatic heterocycles. The zero-order chi connectivity index (χ0) is 27.3. The van der Waals surface area contributed by atoms with Crippen LogP contribution in [0.5, 0.6) is 5.75 Å². The third kappa shape index (κ3) is 6.69. The standard InChI is InChI=1S/C26H32N4O7/c1-6-16(18-11-10-14(2)36-18)29-19-20(23(33)22(19)32)30-17-9-7-8-15(21(17)31)24(34)27-12-13-28-25(35)37-26(3,4)5/h7-11,16,29-31H,6,12-13H2,1-5H3,(H,27,34)(H,28,35)/t16-/m1/s1. The molecule has 0 saturated heterocycles. The fourth-order valence-corrected chi connectivity index (χ4v) is 3.55. The number of anilines is 3. The molecule has 0 aliphatic rings. The number of carbonyl (C=O) groups excluding carboxylic acids is 2. The Morgan fingerprint density at radius 1 is 1.03 bits per heavy atom. The molecule has 0 radical (unpaired) electrons. The van der Waals surface area contributed by atoms with Gasteiger partial charge in [0.05, 0.1) is 17.3 Å². The predicted molar refractivity (Wildman–Crippen MR) is 139 cm³/mol. The van der Waals surface area contributed by atoms with Crippen LogP contribution in [0.3, 0.4) is 0 Å². The first-order valence-corrected chi connectivity index (χ1v) is 11.9. The molecule has 198 valence electrons. The number of aryl methyl sites for hydroxylation is 1. The summed E-state index contributed by atoms with van der Waals surface area (Å²) < 4.78 is 10.8. The molecule has 0 fully saturated rings. The van der Waals surface area contributed by atoms with E-state index < -0.39 is 34.2 Å². The highest BCUT2D eigenvalue weighted by molar-refractivity contribution is 5.99. The van der Waals surface area contributed by atoms with Crippen molar-refractivity contribution in [2.45, 2.75) is 52.7 Å². The van der Waals surface area contributed by atoms with E-state index in [9.17, 15) is 24.3 Å². The normalized spacial score (nSPS) is 12.1. The summed E-state index contributed by atoms with van der Waals surface area (Å²) in [6.45, 7) is 9.14. The molecule has 0 spiro atoms. The number of alkyl carbamates (subject to hydrolysis) is 1. The third-order valence-corrected chi connectivity index (χ3v) is 5.36. The zero-order valence-electron chi connectivity index (χ0n) is 21.5. The van der Waals surface area contributed by atoms with Crippen LogP contribution in [0.1, 0.15) is 62.0 Å². The number of ether oxygens (including phenoxy) is 1. The molecule has 0 saturated carbocycles. The van der Waals surface area contributed by atoms with E-state index >= 15 is 0 Å². The maximum atomic E-state index is 12.6. The Labute approximate surface area is 213 Å². The van der Waals surface area contributed by atoms with Gasteiger partial charge in [-0.1, -0.05) is 13.0 Å². The molecule has 2 amide bonds. The van der Waals surface area contributed by atoms with Gasteiger partial charge in [0.15, 0.2) is 5.75 Å². The molecule has 5 N–H and O–H groups in total. The van der Waals surface area contributed by atoms with Crippen molar-refractivity contribution in [1.29, 1.82) is 0 Å². The SMILES string of the molecule is CC[C@@H](Nc1c(Nc2cccc(C(=O)NCCNC(=O)OC(C)(C)C)c2O)c(=O)c1=O)c1ccc(C)o1. The van der Waals surface area contributed by atoms with Gasteiger partial charge >= 0.3 is 6.09 Å². The minimum absolute atomic E-state index is 0.0128. The van der Waals surface area contributed by atoms with Crippen LogP contribution < -0.4 is 32.1 Å². The lowest BCUT2D eigenvalue weighted by Gasteiger charge is -2.21. The van der Waals surface area contributed by atoms with Gasteiger partial charge in [-0.25, -0.2) is 4.79 Å². The Bertz CT molecular complexity index is 1350. The molecule has 0 aliphatic carbocycles. The molecule has 11 heteroatoms. The molecular weight excluding hydrogens is 480 g/mol. The minimum Gasteiger partial charge on any atom is -0.505 e.